The molecule has 13 atom stereocenters. The number of Topliss-reactive ketones (excluding diaryl/α,β-unsaturated/α-hetero) is 2. The monoisotopic (exact) mass is 778 g/mol. The summed E-state index contributed by atoms with van der Waals surface area (Å²) in [6.45, 7) is 16.2. The van der Waals surface area contributed by atoms with E-state index in [1.54, 1.807) is 47.0 Å². The Morgan fingerprint density at radius 2 is 1.73 bits per heavy atom. The van der Waals surface area contributed by atoms with Crippen LogP contribution < -0.4 is 5.32 Å². The van der Waals surface area contributed by atoms with Crippen molar-refractivity contribution in [1.82, 2.24) is 20.1 Å². The summed E-state index contributed by atoms with van der Waals surface area (Å²) in [6.07, 6.45) is -1.97. The van der Waals surface area contributed by atoms with Gasteiger partial charge < -0.3 is 39.0 Å². The lowest BCUT2D eigenvalue weighted by Gasteiger charge is -2.46. The highest BCUT2D eigenvalue weighted by molar-refractivity contribution is 6.08. The first-order valence-corrected chi connectivity index (χ1v) is 19.6. The van der Waals surface area contributed by atoms with E-state index in [1.165, 1.54) is 18.9 Å². The van der Waals surface area contributed by atoms with E-state index in [4.69, 9.17) is 23.7 Å². The number of aliphatic hydroxyl groups is 1. The van der Waals surface area contributed by atoms with Crippen LogP contribution in [-0.2, 0) is 44.6 Å². The molecule has 3 saturated heterocycles. The second kappa shape index (κ2) is 18.0. The number of carbonyl (C=O) groups is 4. The summed E-state index contributed by atoms with van der Waals surface area (Å²) >= 11 is 0. The molecule has 0 aromatic carbocycles. The molecule has 1 aromatic rings. The zero-order chi connectivity index (χ0) is 41.0. The van der Waals surface area contributed by atoms with Crippen molar-refractivity contribution in [2.45, 2.75) is 148 Å². The minimum atomic E-state index is -3.17. The van der Waals surface area contributed by atoms with Crippen LogP contribution in [0.15, 0.2) is 24.5 Å². The normalized spacial score (nSPS) is 39.4. The first-order valence-electron chi connectivity index (χ1n) is 19.6. The summed E-state index contributed by atoms with van der Waals surface area (Å²) in [5.74, 6) is -5.77. The van der Waals surface area contributed by atoms with Crippen molar-refractivity contribution >= 4 is 23.6 Å². The number of alkyl halides is 1. The highest BCUT2D eigenvalue weighted by Crippen LogP contribution is 2.43. The molecule has 1 aromatic heterocycles. The molecule has 0 radical (unpaired) electrons. The van der Waals surface area contributed by atoms with Gasteiger partial charge in [-0.25, -0.2) is 14.0 Å². The number of hydrogen-bond donors (Lipinski definition) is 2. The number of aliphatic hydroxyl groups excluding tert-OH is 1. The van der Waals surface area contributed by atoms with E-state index in [2.05, 4.69) is 10.3 Å². The number of esters is 1. The minimum absolute atomic E-state index is 0.00152. The Balaban J connectivity index is 1.76. The fourth-order valence-corrected chi connectivity index (χ4v) is 8.85. The smallest absolute Gasteiger partial charge is 0.410 e. The van der Waals surface area contributed by atoms with E-state index < -0.39 is 89.2 Å². The first kappa shape index (κ1) is 44.6. The summed E-state index contributed by atoms with van der Waals surface area (Å²) in [4.78, 5) is 64.1. The van der Waals surface area contributed by atoms with Crippen LogP contribution in [0, 0.1) is 17.8 Å². The molecule has 310 valence electrons. The van der Waals surface area contributed by atoms with Crippen LogP contribution in [0.25, 0.3) is 0 Å². The van der Waals surface area contributed by atoms with Crippen LogP contribution >= 0.6 is 0 Å². The van der Waals surface area contributed by atoms with Crippen molar-refractivity contribution in [2.24, 2.45) is 17.8 Å². The molecule has 3 aliphatic rings. The Labute approximate surface area is 325 Å². The van der Waals surface area contributed by atoms with Crippen LogP contribution in [0.1, 0.15) is 87.1 Å². The number of hydrogen-bond acceptors (Lipinski definition) is 13. The fraction of sp³-hybridized carbons (Fsp3) is 0.775. The standard InChI is InChI=1S/C40H63FN4O10/c1-12-29-40(9)32(45(37(50)55-40)19-18-44(10)22-27-14-16-42-17-15-27)25(5)30(46)23(3)21-38(7,51-11)34(26(6)33(48)39(8,41)36(49)53-29)54-35-31(47)28(43-13-2)20-24(4)52-35/h14-17,23-26,28-29,31-32,34-35,43,47H,12-13,18-22H2,1-11H3/t23-,24-,25+,26-,28+,29-,31+,32?,34-,35+,38-,39+,40-/m1/s1. The molecule has 2 N–H and O–H groups in total. The molecular formula is C40H63FN4O10. The van der Waals surface area contributed by atoms with Gasteiger partial charge in [-0.3, -0.25) is 19.5 Å². The van der Waals surface area contributed by atoms with Crippen LogP contribution in [0.2, 0.25) is 0 Å². The van der Waals surface area contributed by atoms with Crippen molar-refractivity contribution in [2.75, 3.05) is 33.8 Å². The maximum Gasteiger partial charge on any atom is 0.410 e. The number of ketones is 2. The average molecular weight is 779 g/mol. The molecule has 3 aliphatic heterocycles. The number of likely N-dealkylation sites (N-methyl/N-ethyl adjacent to an activating group) is 2. The van der Waals surface area contributed by atoms with Gasteiger partial charge in [0.15, 0.2) is 17.7 Å². The lowest BCUT2D eigenvalue weighted by molar-refractivity contribution is -0.290. The van der Waals surface area contributed by atoms with Crippen LogP contribution in [0.3, 0.4) is 0 Å². The third kappa shape index (κ3) is 9.39. The summed E-state index contributed by atoms with van der Waals surface area (Å²) in [7, 11) is 3.31. The molecule has 0 saturated carbocycles. The largest absolute Gasteiger partial charge is 0.455 e. The van der Waals surface area contributed by atoms with Gasteiger partial charge in [0.25, 0.3) is 5.67 Å². The van der Waals surface area contributed by atoms with Gasteiger partial charge in [0.1, 0.15) is 18.0 Å². The number of halogens is 1. The maximum atomic E-state index is 16.8. The SMILES string of the molecule is CCN[C@H]1C[C@@H](C)O[C@@H](O[C@@H]2[C@H](C)C(=O)[C@](C)(F)C(=O)O[C@H](CC)[C@@]3(C)OC(=O)N(CCN(C)Cc4ccncc4)C3[C@@H](C)C(=O)[C@H](C)C[C@@]2(C)OC)[C@H]1O. The fourth-order valence-electron chi connectivity index (χ4n) is 8.85. The Bertz CT molecular complexity index is 1500. The van der Waals surface area contributed by atoms with Gasteiger partial charge in [0.05, 0.1) is 23.9 Å². The second-order valence-electron chi connectivity index (χ2n) is 16.3. The van der Waals surface area contributed by atoms with Crippen molar-refractivity contribution in [1.29, 1.82) is 0 Å². The van der Waals surface area contributed by atoms with Gasteiger partial charge in [-0.1, -0.05) is 34.6 Å². The Kier molecular flexibility index (Phi) is 14.6. The summed E-state index contributed by atoms with van der Waals surface area (Å²) in [5.41, 5.74) is -5.18. The molecule has 1 amide bonds. The van der Waals surface area contributed by atoms with Gasteiger partial charge >= 0.3 is 12.1 Å². The lowest BCUT2D eigenvalue weighted by atomic mass is 9.73. The number of nitrogens with one attached hydrogen (secondary N) is 1. The topological polar surface area (TPSA) is 166 Å². The van der Waals surface area contributed by atoms with Crippen LogP contribution in [0.4, 0.5) is 9.18 Å². The van der Waals surface area contributed by atoms with Crippen molar-refractivity contribution in [3.05, 3.63) is 30.1 Å². The highest BCUT2D eigenvalue weighted by atomic mass is 19.1. The molecule has 15 heteroatoms. The second-order valence-corrected chi connectivity index (χ2v) is 16.3. The molecule has 4 rings (SSSR count). The van der Waals surface area contributed by atoms with E-state index in [0.717, 1.165) is 12.5 Å². The minimum Gasteiger partial charge on any atom is -0.455 e. The van der Waals surface area contributed by atoms with Gasteiger partial charge in [0, 0.05) is 62.9 Å². The highest BCUT2D eigenvalue weighted by Gasteiger charge is 2.61. The molecule has 3 fully saturated rings. The molecule has 0 bridgehead atoms. The van der Waals surface area contributed by atoms with Crippen molar-refractivity contribution in [3.63, 3.8) is 0 Å². The molecule has 4 heterocycles. The van der Waals surface area contributed by atoms with E-state index in [0.29, 0.717) is 26.1 Å². The number of carbonyl (C=O) groups excluding carboxylic acids is 4. The molecule has 55 heavy (non-hydrogen) atoms. The van der Waals surface area contributed by atoms with Crippen molar-refractivity contribution in [3.8, 4) is 0 Å². The van der Waals surface area contributed by atoms with Gasteiger partial charge in [-0.05, 0) is 78.2 Å². The number of methoxy groups -OCH3 is 1. The first-order chi connectivity index (χ1) is 25.7. The Morgan fingerprint density at radius 3 is 2.33 bits per heavy atom. The average Bonchev–Trinajstić information content (AvgIpc) is 3.41. The van der Waals surface area contributed by atoms with Gasteiger partial charge in [-0.15, -0.1) is 0 Å². The summed E-state index contributed by atoms with van der Waals surface area (Å²) < 4.78 is 47.3. The number of amides is 1. The van der Waals surface area contributed by atoms with E-state index >= 15 is 4.39 Å². The quantitative estimate of drug-likeness (QED) is 0.246. The molecule has 14 nitrogen and oxygen atoms in total. The van der Waals surface area contributed by atoms with Crippen LogP contribution in [-0.4, -0.2) is 137 Å². The Hall–Kier alpha value is -3.08. The predicted octanol–water partition coefficient (Wildman–Crippen LogP) is 3.86. The molecular weight excluding hydrogens is 715 g/mol. The number of ether oxygens (including phenoxy) is 5. The number of nitrogens with zero attached hydrogens (tertiary/aromatic N) is 3. The number of cyclic esters (lactones) is 1. The summed E-state index contributed by atoms with van der Waals surface area (Å²) in [5, 5.41) is 14.6. The Morgan fingerprint density at radius 1 is 1.07 bits per heavy atom. The maximum absolute atomic E-state index is 16.8. The van der Waals surface area contributed by atoms with Crippen molar-refractivity contribution < 1.29 is 52.4 Å². The zero-order valence-corrected chi connectivity index (χ0v) is 34.4. The number of aromatic nitrogens is 1. The third-order valence-corrected chi connectivity index (χ3v) is 11.9. The number of fused-ring (bicyclic) bond motifs is 1. The number of pyridine rings is 1. The number of rotatable bonds is 11. The predicted molar refractivity (Wildman–Crippen MR) is 200 cm³/mol. The van der Waals surface area contributed by atoms with Gasteiger partial charge in [0.2, 0.25) is 0 Å². The zero-order valence-electron chi connectivity index (χ0n) is 34.4. The van der Waals surface area contributed by atoms with E-state index in [9.17, 15) is 24.3 Å². The molecule has 0 aliphatic carbocycles. The van der Waals surface area contributed by atoms with Gasteiger partial charge in [-0.2, -0.15) is 0 Å². The molecule has 0 spiro atoms. The third-order valence-electron chi connectivity index (χ3n) is 11.9. The van der Waals surface area contributed by atoms with E-state index in [1.807, 2.05) is 37.9 Å². The van der Waals surface area contributed by atoms with Crippen LogP contribution in [0.5, 0.6) is 0 Å². The lowest BCUT2D eigenvalue weighted by Crippen LogP contribution is -2.62. The summed E-state index contributed by atoms with van der Waals surface area (Å²) in [6, 6.07) is 2.48. The van der Waals surface area contributed by atoms with E-state index in [-0.39, 0.29) is 31.3 Å². The molecule has 1 unspecified atom stereocenters.